The average molecular weight is 393 g/mol. The van der Waals surface area contributed by atoms with Crippen LogP contribution in [0.5, 0.6) is 0 Å². The molecule has 2 heterocycles. The van der Waals surface area contributed by atoms with Crippen LogP contribution in [0.15, 0.2) is 12.1 Å². The summed E-state index contributed by atoms with van der Waals surface area (Å²) >= 11 is 19.8. The van der Waals surface area contributed by atoms with Crippen LogP contribution in [0.4, 0.5) is 0 Å². The molecule has 0 radical (unpaired) electrons. The highest BCUT2D eigenvalue weighted by Crippen LogP contribution is 2.42. The van der Waals surface area contributed by atoms with E-state index >= 15 is 0 Å². The van der Waals surface area contributed by atoms with Crippen molar-refractivity contribution >= 4 is 68.1 Å². The van der Waals surface area contributed by atoms with Gasteiger partial charge in [-0.1, -0.05) is 34.8 Å². The summed E-state index contributed by atoms with van der Waals surface area (Å²) < 4.78 is 5.51. The first kappa shape index (κ1) is 16.8. The van der Waals surface area contributed by atoms with E-state index in [4.69, 9.17) is 39.5 Å². The van der Waals surface area contributed by atoms with Crippen molar-refractivity contribution in [2.45, 2.75) is 18.9 Å². The zero-order valence-electron chi connectivity index (χ0n) is 12.1. The van der Waals surface area contributed by atoms with E-state index in [0.717, 1.165) is 11.1 Å². The Bertz CT molecular complexity index is 805. The van der Waals surface area contributed by atoms with Gasteiger partial charge < -0.3 is 9.64 Å². The normalized spacial score (nSPS) is 17.7. The minimum atomic E-state index is -0.562. The van der Waals surface area contributed by atoms with E-state index in [1.807, 2.05) is 0 Å². The predicted octanol–water partition coefficient (Wildman–Crippen LogP) is 4.64. The number of carbonyl (C=O) groups is 2. The maximum atomic E-state index is 12.8. The molecule has 4 nitrogen and oxygen atoms in total. The first-order chi connectivity index (χ1) is 10.9. The highest BCUT2D eigenvalue weighted by molar-refractivity contribution is 7.21. The van der Waals surface area contributed by atoms with Crippen LogP contribution in [0.2, 0.25) is 15.1 Å². The van der Waals surface area contributed by atoms with Crippen LogP contribution >= 0.6 is 46.1 Å². The molecule has 2 aromatic rings. The van der Waals surface area contributed by atoms with Crippen LogP contribution in [0.25, 0.3) is 10.1 Å². The average Bonchev–Trinajstić information content (AvgIpc) is 3.10. The van der Waals surface area contributed by atoms with E-state index in [2.05, 4.69) is 0 Å². The minimum absolute atomic E-state index is 0.281. The van der Waals surface area contributed by atoms with E-state index in [9.17, 15) is 9.59 Å². The molecule has 23 heavy (non-hydrogen) atoms. The Morgan fingerprint density at radius 3 is 2.74 bits per heavy atom. The highest BCUT2D eigenvalue weighted by atomic mass is 35.5. The summed E-state index contributed by atoms with van der Waals surface area (Å²) in [5, 5.41) is 1.79. The number of halogens is 3. The predicted molar refractivity (Wildman–Crippen MR) is 92.9 cm³/mol. The number of thiophene rings is 1. The van der Waals surface area contributed by atoms with Gasteiger partial charge in [-0.05, 0) is 25.0 Å². The summed E-state index contributed by atoms with van der Waals surface area (Å²) in [6, 6.07) is 2.75. The number of nitrogens with zero attached hydrogens (tertiary/aromatic N) is 1. The topological polar surface area (TPSA) is 46.6 Å². The monoisotopic (exact) mass is 391 g/mol. The lowest BCUT2D eigenvalue weighted by Gasteiger charge is -2.22. The number of ether oxygens (including phenoxy) is 1. The Hall–Kier alpha value is -1.01. The summed E-state index contributed by atoms with van der Waals surface area (Å²) in [4.78, 5) is 26.5. The number of hydrogen-bond acceptors (Lipinski definition) is 4. The smallest absolute Gasteiger partial charge is 0.328 e. The quantitative estimate of drug-likeness (QED) is 0.700. The summed E-state index contributed by atoms with van der Waals surface area (Å²) in [7, 11) is 1.32. The second kappa shape index (κ2) is 6.48. The van der Waals surface area contributed by atoms with Crippen LogP contribution in [-0.4, -0.2) is 36.5 Å². The molecular weight excluding hydrogens is 381 g/mol. The Labute approximate surface area is 151 Å². The van der Waals surface area contributed by atoms with Gasteiger partial charge >= 0.3 is 5.97 Å². The van der Waals surface area contributed by atoms with Crippen LogP contribution in [0.3, 0.4) is 0 Å². The van der Waals surface area contributed by atoms with Crippen molar-refractivity contribution in [1.82, 2.24) is 4.90 Å². The van der Waals surface area contributed by atoms with Gasteiger partial charge in [0.05, 0.1) is 17.2 Å². The maximum Gasteiger partial charge on any atom is 0.328 e. The van der Waals surface area contributed by atoms with Gasteiger partial charge in [-0.3, -0.25) is 4.79 Å². The van der Waals surface area contributed by atoms with Crippen molar-refractivity contribution in [3.05, 3.63) is 32.1 Å². The fourth-order valence-corrected chi connectivity index (χ4v) is 5.10. The number of fused-ring (bicyclic) bond motifs is 1. The van der Waals surface area contributed by atoms with Crippen molar-refractivity contribution in [3.63, 3.8) is 0 Å². The number of methoxy groups -OCH3 is 1. The summed E-state index contributed by atoms with van der Waals surface area (Å²) in [6.07, 6.45) is 1.34. The number of rotatable bonds is 2. The number of esters is 1. The van der Waals surface area contributed by atoms with Crippen molar-refractivity contribution < 1.29 is 14.3 Å². The van der Waals surface area contributed by atoms with Gasteiger partial charge in [0.25, 0.3) is 5.91 Å². The van der Waals surface area contributed by atoms with Crippen LogP contribution in [0.1, 0.15) is 22.5 Å². The summed E-state index contributed by atoms with van der Waals surface area (Å²) in [6.45, 7) is 0.498. The number of hydrogen-bond donors (Lipinski definition) is 0. The van der Waals surface area contributed by atoms with Crippen molar-refractivity contribution in [2.75, 3.05) is 13.7 Å². The lowest BCUT2D eigenvalue weighted by atomic mass is 10.2. The molecule has 0 saturated carbocycles. The molecule has 1 atom stereocenters. The molecular formula is C15H12Cl3NO3S. The Kier molecular flexibility index (Phi) is 4.74. The first-order valence-electron chi connectivity index (χ1n) is 6.90. The fourth-order valence-electron chi connectivity index (χ4n) is 2.77. The summed E-state index contributed by atoms with van der Waals surface area (Å²) in [5.74, 6) is -0.689. The van der Waals surface area contributed by atoms with Gasteiger partial charge in [-0.25, -0.2) is 4.79 Å². The molecule has 1 fully saturated rings. The van der Waals surface area contributed by atoms with Crippen molar-refractivity contribution in [1.29, 1.82) is 0 Å². The molecule has 122 valence electrons. The zero-order valence-corrected chi connectivity index (χ0v) is 15.2. The third-order valence-electron chi connectivity index (χ3n) is 3.83. The van der Waals surface area contributed by atoms with E-state index in [1.165, 1.54) is 23.3 Å². The summed E-state index contributed by atoms with van der Waals surface area (Å²) in [5.41, 5.74) is 0. The van der Waals surface area contributed by atoms with E-state index in [1.54, 1.807) is 12.1 Å². The molecule has 0 bridgehead atoms. The van der Waals surface area contributed by atoms with Gasteiger partial charge in [0, 0.05) is 21.7 Å². The van der Waals surface area contributed by atoms with Crippen molar-refractivity contribution in [2.24, 2.45) is 0 Å². The highest BCUT2D eigenvalue weighted by Gasteiger charge is 2.37. The minimum Gasteiger partial charge on any atom is -0.467 e. The Morgan fingerprint density at radius 2 is 2.04 bits per heavy atom. The molecule has 3 rings (SSSR count). The van der Waals surface area contributed by atoms with E-state index in [-0.39, 0.29) is 5.91 Å². The second-order valence-electron chi connectivity index (χ2n) is 5.19. The van der Waals surface area contributed by atoms with Crippen LogP contribution in [0, 0.1) is 0 Å². The fraction of sp³-hybridized carbons (Fsp3) is 0.333. The van der Waals surface area contributed by atoms with E-state index < -0.39 is 12.0 Å². The standard InChI is InChI=1S/C15H12Cl3NO3S/c1-22-15(21)9-3-2-4-19(9)14(20)13-12(18)11-8(17)5-7(16)6-10(11)23-13/h5-6,9H,2-4H2,1H3. The molecule has 0 aliphatic carbocycles. The zero-order chi connectivity index (χ0) is 16.7. The molecule has 0 spiro atoms. The second-order valence-corrected chi connectivity index (χ2v) is 7.46. The molecule has 0 N–H and O–H groups in total. The molecule has 1 unspecified atom stereocenters. The third kappa shape index (κ3) is 2.91. The number of benzene rings is 1. The maximum absolute atomic E-state index is 12.8. The molecule has 1 amide bonds. The van der Waals surface area contributed by atoms with Crippen LogP contribution in [-0.2, 0) is 9.53 Å². The molecule has 1 saturated heterocycles. The Balaban J connectivity index is 2.03. The van der Waals surface area contributed by atoms with E-state index in [0.29, 0.717) is 38.3 Å². The van der Waals surface area contributed by atoms with Gasteiger partial charge in [-0.15, -0.1) is 11.3 Å². The molecule has 1 aromatic heterocycles. The molecule has 1 aliphatic heterocycles. The molecule has 8 heteroatoms. The van der Waals surface area contributed by atoms with Crippen molar-refractivity contribution in [3.8, 4) is 0 Å². The number of likely N-dealkylation sites (tertiary alicyclic amines) is 1. The molecule has 1 aromatic carbocycles. The van der Waals surface area contributed by atoms with Gasteiger partial charge in [0.1, 0.15) is 10.9 Å². The largest absolute Gasteiger partial charge is 0.467 e. The Morgan fingerprint density at radius 1 is 1.30 bits per heavy atom. The molecule has 1 aliphatic rings. The van der Waals surface area contributed by atoms with Crippen LogP contribution < -0.4 is 0 Å². The SMILES string of the molecule is COC(=O)C1CCCN1C(=O)c1sc2cc(Cl)cc(Cl)c2c1Cl. The number of carbonyl (C=O) groups excluding carboxylic acids is 2. The van der Waals surface area contributed by atoms with Gasteiger partial charge in [-0.2, -0.15) is 0 Å². The lowest BCUT2D eigenvalue weighted by Crippen LogP contribution is -2.40. The lowest BCUT2D eigenvalue weighted by molar-refractivity contribution is -0.145. The van der Waals surface area contributed by atoms with Gasteiger partial charge in [0.2, 0.25) is 0 Å². The number of amides is 1. The van der Waals surface area contributed by atoms with Gasteiger partial charge in [0.15, 0.2) is 0 Å². The third-order valence-corrected chi connectivity index (χ3v) is 5.96. The first-order valence-corrected chi connectivity index (χ1v) is 8.85.